The number of aromatic nitrogens is 2. The van der Waals surface area contributed by atoms with E-state index in [1.165, 1.54) is 11.3 Å². The van der Waals surface area contributed by atoms with E-state index in [2.05, 4.69) is 15.5 Å². The van der Waals surface area contributed by atoms with Crippen molar-refractivity contribution < 1.29 is 9.53 Å². The number of carbonyl (C=O) groups is 1. The normalized spacial score (nSPS) is 10.6. The monoisotopic (exact) mass is 292 g/mol. The molecule has 0 atom stereocenters. The van der Waals surface area contributed by atoms with Crippen molar-refractivity contribution in [3.05, 3.63) is 28.8 Å². The molecular formula is C13H16N4O2S. The van der Waals surface area contributed by atoms with Gasteiger partial charge in [0.05, 0.1) is 12.7 Å². The van der Waals surface area contributed by atoms with E-state index in [0.29, 0.717) is 22.1 Å². The molecular weight excluding hydrogens is 276 g/mol. The number of hydrogen-bond donors (Lipinski definition) is 2. The summed E-state index contributed by atoms with van der Waals surface area (Å²) < 4.78 is 5.05. The third-order valence-electron chi connectivity index (χ3n) is 2.66. The summed E-state index contributed by atoms with van der Waals surface area (Å²) in [7, 11) is 1.54. The predicted octanol–water partition coefficient (Wildman–Crippen LogP) is 2.50. The second kappa shape index (κ2) is 5.87. The SMILES string of the molecule is COc1ccc(C(=O)Nc2nnc(C(C)C)s2)c(N)c1. The van der Waals surface area contributed by atoms with Gasteiger partial charge in [0.25, 0.3) is 5.91 Å². The fraction of sp³-hybridized carbons (Fsp3) is 0.308. The first-order valence-electron chi connectivity index (χ1n) is 6.09. The number of hydrogen-bond acceptors (Lipinski definition) is 6. The van der Waals surface area contributed by atoms with Crippen LogP contribution in [0.5, 0.6) is 5.75 Å². The molecule has 106 valence electrons. The van der Waals surface area contributed by atoms with Crippen LogP contribution in [0.4, 0.5) is 10.8 Å². The van der Waals surface area contributed by atoms with E-state index in [1.54, 1.807) is 25.3 Å². The molecule has 0 radical (unpaired) electrons. The maximum atomic E-state index is 12.1. The lowest BCUT2D eigenvalue weighted by molar-refractivity contribution is 0.102. The summed E-state index contributed by atoms with van der Waals surface area (Å²) in [5.41, 5.74) is 6.57. The van der Waals surface area contributed by atoms with Crippen molar-refractivity contribution in [2.45, 2.75) is 19.8 Å². The van der Waals surface area contributed by atoms with Gasteiger partial charge in [-0.05, 0) is 12.1 Å². The van der Waals surface area contributed by atoms with Crippen molar-refractivity contribution in [1.29, 1.82) is 0 Å². The molecule has 1 heterocycles. The maximum Gasteiger partial charge on any atom is 0.259 e. The molecule has 0 aliphatic carbocycles. The zero-order valence-electron chi connectivity index (χ0n) is 11.5. The Kier molecular flexibility index (Phi) is 4.19. The highest BCUT2D eigenvalue weighted by Crippen LogP contribution is 2.24. The number of nitrogens with two attached hydrogens (primary N) is 1. The molecule has 0 saturated carbocycles. The minimum atomic E-state index is -0.309. The van der Waals surface area contributed by atoms with E-state index in [0.717, 1.165) is 5.01 Å². The standard InChI is InChI=1S/C13H16N4O2S/c1-7(2)12-16-17-13(20-12)15-11(18)9-5-4-8(19-3)6-10(9)14/h4-7H,14H2,1-3H3,(H,15,17,18). The average Bonchev–Trinajstić information content (AvgIpc) is 2.87. The van der Waals surface area contributed by atoms with E-state index in [4.69, 9.17) is 10.5 Å². The largest absolute Gasteiger partial charge is 0.497 e. The molecule has 3 N–H and O–H groups in total. The van der Waals surface area contributed by atoms with Gasteiger partial charge in [0.2, 0.25) is 5.13 Å². The molecule has 0 unspecified atom stereocenters. The summed E-state index contributed by atoms with van der Waals surface area (Å²) >= 11 is 1.36. The summed E-state index contributed by atoms with van der Waals surface area (Å²) in [6, 6.07) is 4.91. The fourth-order valence-electron chi connectivity index (χ4n) is 1.56. The Hall–Kier alpha value is -2.15. The van der Waals surface area contributed by atoms with E-state index in [1.807, 2.05) is 13.8 Å². The maximum absolute atomic E-state index is 12.1. The van der Waals surface area contributed by atoms with Crippen LogP contribution in [-0.2, 0) is 0 Å². The number of rotatable bonds is 4. The number of methoxy groups -OCH3 is 1. The topological polar surface area (TPSA) is 90.1 Å². The number of anilines is 2. The van der Waals surface area contributed by atoms with E-state index in [9.17, 15) is 4.79 Å². The number of benzene rings is 1. The van der Waals surface area contributed by atoms with Crippen LogP contribution < -0.4 is 15.8 Å². The molecule has 0 aliphatic rings. The molecule has 0 fully saturated rings. The predicted molar refractivity (Wildman–Crippen MR) is 79.4 cm³/mol. The fourth-order valence-corrected chi connectivity index (χ4v) is 2.30. The third-order valence-corrected chi connectivity index (χ3v) is 3.80. The van der Waals surface area contributed by atoms with Gasteiger partial charge in [-0.1, -0.05) is 25.2 Å². The smallest absolute Gasteiger partial charge is 0.259 e. The van der Waals surface area contributed by atoms with Crippen LogP contribution in [0.2, 0.25) is 0 Å². The number of carbonyl (C=O) groups excluding carboxylic acids is 1. The van der Waals surface area contributed by atoms with E-state index >= 15 is 0 Å². The zero-order valence-corrected chi connectivity index (χ0v) is 12.3. The quantitative estimate of drug-likeness (QED) is 0.845. The molecule has 0 saturated heterocycles. The van der Waals surface area contributed by atoms with Gasteiger partial charge in [-0.25, -0.2) is 0 Å². The van der Waals surface area contributed by atoms with Gasteiger partial charge in [-0.3, -0.25) is 10.1 Å². The Bertz CT molecular complexity index is 625. The number of amides is 1. The number of nitrogen functional groups attached to an aromatic ring is 1. The number of nitrogens with one attached hydrogen (secondary N) is 1. The second-order valence-electron chi connectivity index (χ2n) is 4.51. The summed E-state index contributed by atoms with van der Waals surface area (Å²) in [5, 5.41) is 12.0. The second-order valence-corrected chi connectivity index (χ2v) is 5.52. The Morgan fingerprint density at radius 3 is 2.70 bits per heavy atom. The van der Waals surface area contributed by atoms with Crippen LogP contribution in [0.15, 0.2) is 18.2 Å². The molecule has 20 heavy (non-hydrogen) atoms. The molecule has 1 aromatic carbocycles. The highest BCUT2D eigenvalue weighted by atomic mass is 32.1. The number of nitrogens with zero attached hydrogens (tertiary/aromatic N) is 2. The Balaban J connectivity index is 2.15. The van der Waals surface area contributed by atoms with Gasteiger partial charge in [0.1, 0.15) is 10.8 Å². The van der Waals surface area contributed by atoms with Gasteiger partial charge in [0, 0.05) is 17.7 Å². The first-order valence-corrected chi connectivity index (χ1v) is 6.91. The highest BCUT2D eigenvalue weighted by Gasteiger charge is 2.14. The number of ether oxygens (including phenoxy) is 1. The molecule has 0 aliphatic heterocycles. The van der Waals surface area contributed by atoms with Gasteiger partial charge in [0.15, 0.2) is 0 Å². The Morgan fingerprint density at radius 1 is 1.40 bits per heavy atom. The summed E-state index contributed by atoms with van der Waals surface area (Å²) in [6.45, 7) is 4.04. The lowest BCUT2D eigenvalue weighted by atomic mass is 10.1. The van der Waals surface area contributed by atoms with Crippen LogP contribution in [0.1, 0.15) is 35.1 Å². The Morgan fingerprint density at radius 2 is 2.15 bits per heavy atom. The zero-order chi connectivity index (χ0) is 14.7. The highest BCUT2D eigenvalue weighted by molar-refractivity contribution is 7.15. The average molecular weight is 292 g/mol. The van der Waals surface area contributed by atoms with Gasteiger partial charge >= 0.3 is 0 Å². The minimum Gasteiger partial charge on any atom is -0.497 e. The first kappa shape index (κ1) is 14.3. The van der Waals surface area contributed by atoms with Crippen LogP contribution in [0.25, 0.3) is 0 Å². The molecule has 2 rings (SSSR count). The minimum absolute atomic E-state index is 0.282. The van der Waals surface area contributed by atoms with Crippen LogP contribution in [-0.4, -0.2) is 23.2 Å². The Labute approximate surface area is 121 Å². The van der Waals surface area contributed by atoms with Gasteiger partial charge in [-0.15, -0.1) is 10.2 Å². The molecule has 1 amide bonds. The molecule has 2 aromatic rings. The summed E-state index contributed by atoms with van der Waals surface area (Å²) in [6.07, 6.45) is 0. The molecule has 0 bridgehead atoms. The van der Waals surface area contributed by atoms with Crippen molar-refractivity contribution in [1.82, 2.24) is 10.2 Å². The van der Waals surface area contributed by atoms with Gasteiger partial charge in [-0.2, -0.15) is 0 Å². The first-order chi connectivity index (χ1) is 9.51. The molecule has 6 nitrogen and oxygen atoms in total. The van der Waals surface area contributed by atoms with E-state index < -0.39 is 0 Å². The molecule has 1 aromatic heterocycles. The van der Waals surface area contributed by atoms with E-state index in [-0.39, 0.29) is 11.8 Å². The van der Waals surface area contributed by atoms with Crippen LogP contribution in [0, 0.1) is 0 Å². The summed E-state index contributed by atoms with van der Waals surface area (Å²) in [5.74, 6) is 0.581. The van der Waals surface area contributed by atoms with Gasteiger partial charge < -0.3 is 10.5 Å². The molecule has 7 heteroatoms. The van der Waals surface area contributed by atoms with Crippen molar-refractivity contribution in [3.63, 3.8) is 0 Å². The van der Waals surface area contributed by atoms with Crippen LogP contribution in [0.3, 0.4) is 0 Å². The van der Waals surface area contributed by atoms with Crippen molar-refractivity contribution >= 4 is 28.1 Å². The van der Waals surface area contributed by atoms with Crippen molar-refractivity contribution in [3.8, 4) is 5.75 Å². The summed E-state index contributed by atoms with van der Waals surface area (Å²) in [4.78, 5) is 12.1. The van der Waals surface area contributed by atoms with Crippen molar-refractivity contribution in [2.75, 3.05) is 18.2 Å². The lowest BCUT2D eigenvalue weighted by Crippen LogP contribution is -2.13. The van der Waals surface area contributed by atoms with Crippen molar-refractivity contribution in [2.24, 2.45) is 0 Å². The third kappa shape index (κ3) is 3.05. The molecule has 0 spiro atoms. The van der Waals surface area contributed by atoms with Crippen LogP contribution >= 0.6 is 11.3 Å². The lowest BCUT2D eigenvalue weighted by Gasteiger charge is -2.06.